The maximum Gasteiger partial charge on any atom is 0.417 e. The summed E-state index contributed by atoms with van der Waals surface area (Å²) in [5, 5.41) is 0. The first-order valence-electron chi connectivity index (χ1n) is 7.20. The molecule has 26 heavy (non-hydrogen) atoms. The van der Waals surface area contributed by atoms with Crippen LogP contribution in [-0.4, -0.2) is 0 Å². The first-order chi connectivity index (χ1) is 11.7. The van der Waals surface area contributed by atoms with Crippen LogP contribution in [0.2, 0.25) is 0 Å². The molecular formula is C17H11F9. The van der Waals surface area contributed by atoms with Gasteiger partial charge in [0.25, 0.3) is 0 Å². The lowest BCUT2D eigenvalue weighted by atomic mass is 9.86. The van der Waals surface area contributed by atoms with Crippen LogP contribution in [0.15, 0.2) is 24.3 Å². The van der Waals surface area contributed by atoms with Gasteiger partial charge in [-0.3, -0.25) is 0 Å². The predicted octanol–water partition coefficient (Wildman–Crippen LogP) is 6.93. The normalized spacial score (nSPS) is 12.8. The summed E-state index contributed by atoms with van der Waals surface area (Å²) >= 11 is 0. The number of benzene rings is 2. The van der Waals surface area contributed by atoms with E-state index in [0.29, 0.717) is 18.2 Å². The van der Waals surface area contributed by atoms with Crippen molar-refractivity contribution in [3.05, 3.63) is 58.4 Å². The Hall–Kier alpha value is -2.19. The lowest BCUT2D eigenvalue weighted by Crippen LogP contribution is -2.15. The molecule has 142 valence electrons. The summed E-state index contributed by atoms with van der Waals surface area (Å²) in [6.07, 6.45) is -10.3. The Morgan fingerprint density at radius 2 is 1.23 bits per heavy atom. The molecule has 0 atom stereocenters. The van der Waals surface area contributed by atoms with Gasteiger partial charge >= 0.3 is 12.4 Å². The zero-order valence-electron chi connectivity index (χ0n) is 13.3. The molecule has 2 aromatic carbocycles. The molecule has 0 saturated heterocycles. The van der Waals surface area contributed by atoms with Gasteiger partial charge in [-0.1, -0.05) is 13.8 Å². The molecule has 0 N–H and O–H groups in total. The molecule has 0 aliphatic heterocycles. The smallest absolute Gasteiger partial charge is 0.204 e. The number of rotatable bonds is 2. The fourth-order valence-electron chi connectivity index (χ4n) is 2.53. The number of alkyl halides is 6. The van der Waals surface area contributed by atoms with Gasteiger partial charge in [-0.25, -0.2) is 13.2 Å². The van der Waals surface area contributed by atoms with E-state index in [1.165, 1.54) is 13.8 Å². The van der Waals surface area contributed by atoms with Crippen molar-refractivity contribution in [1.82, 2.24) is 0 Å². The van der Waals surface area contributed by atoms with Gasteiger partial charge in [0.15, 0.2) is 17.5 Å². The second-order valence-electron chi connectivity index (χ2n) is 5.89. The largest absolute Gasteiger partial charge is 0.417 e. The molecule has 0 aliphatic rings. The molecule has 0 bridgehead atoms. The summed E-state index contributed by atoms with van der Waals surface area (Å²) in [6.45, 7) is 2.66. The van der Waals surface area contributed by atoms with Crippen LogP contribution >= 0.6 is 0 Å². The Kier molecular flexibility index (Phi) is 5.04. The van der Waals surface area contributed by atoms with E-state index in [4.69, 9.17) is 0 Å². The second-order valence-corrected chi connectivity index (χ2v) is 5.89. The highest BCUT2D eigenvalue weighted by Crippen LogP contribution is 2.45. The molecule has 0 radical (unpaired) electrons. The monoisotopic (exact) mass is 386 g/mol. The zero-order chi connectivity index (χ0) is 20.0. The van der Waals surface area contributed by atoms with Crippen molar-refractivity contribution in [1.29, 1.82) is 0 Å². The minimum Gasteiger partial charge on any atom is -0.204 e. The van der Waals surface area contributed by atoms with Crippen LogP contribution in [-0.2, 0) is 12.4 Å². The molecule has 2 aromatic rings. The lowest BCUT2D eigenvalue weighted by Gasteiger charge is -2.22. The molecule has 0 unspecified atom stereocenters. The highest BCUT2D eigenvalue weighted by molar-refractivity contribution is 5.73. The zero-order valence-corrected chi connectivity index (χ0v) is 13.3. The SMILES string of the molecule is CC(C)c1cc(C(F)(F)F)cc(C(F)(F)F)c1-c1cc(F)c(F)c(F)c1. The van der Waals surface area contributed by atoms with Crippen LogP contribution in [0.25, 0.3) is 11.1 Å². The minimum atomic E-state index is -5.23. The van der Waals surface area contributed by atoms with Crippen LogP contribution in [0.4, 0.5) is 39.5 Å². The molecule has 0 aromatic heterocycles. The first kappa shape index (κ1) is 20.1. The van der Waals surface area contributed by atoms with Crippen molar-refractivity contribution >= 4 is 0 Å². The van der Waals surface area contributed by atoms with Crippen molar-refractivity contribution in [2.45, 2.75) is 32.1 Å². The Bertz CT molecular complexity index is 806. The Balaban J connectivity index is 2.95. The molecule has 0 saturated carbocycles. The van der Waals surface area contributed by atoms with Crippen LogP contribution in [0.3, 0.4) is 0 Å². The summed E-state index contributed by atoms with van der Waals surface area (Å²) in [4.78, 5) is 0. The van der Waals surface area contributed by atoms with Gasteiger partial charge in [-0.15, -0.1) is 0 Å². The Morgan fingerprint density at radius 1 is 0.731 bits per heavy atom. The molecule has 0 nitrogen and oxygen atoms in total. The number of hydrogen-bond acceptors (Lipinski definition) is 0. The molecule has 0 heterocycles. The van der Waals surface area contributed by atoms with E-state index in [2.05, 4.69) is 0 Å². The van der Waals surface area contributed by atoms with Crippen molar-refractivity contribution in [2.24, 2.45) is 0 Å². The topological polar surface area (TPSA) is 0 Å². The summed E-state index contributed by atoms with van der Waals surface area (Å²) in [6, 6.07) is 1.01. The van der Waals surface area contributed by atoms with Gasteiger partial charge in [0, 0.05) is 0 Å². The predicted molar refractivity (Wildman–Crippen MR) is 75.8 cm³/mol. The number of halogens is 9. The summed E-state index contributed by atoms with van der Waals surface area (Å²) in [5.74, 6) is -6.23. The van der Waals surface area contributed by atoms with E-state index in [9.17, 15) is 39.5 Å². The van der Waals surface area contributed by atoms with Gasteiger partial charge in [0.05, 0.1) is 11.1 Å². The van der Waals surface area contributed by atoms with Crippen LogP contribution in [0.5, 0.6) is 0 Å². The van der Waals surface area contributed by atoms with E-state index in [-0.39, 0.29) is 6.07 Å². The van der Waals surface area contributed by atoms with E-state index >= 15 is 0 Å². The van der Waals surface area contributed by atoms with E-state index in [1.807, 2.05) is 0 Å². The fourth-order valence-corrected chi connectivity index (χ4v) is 2.53. The van der Waals surface area contributed by atoms with Gasteiger partial charge in [0.1, 0.15) is 0 Å². The highest BCUT2D eigenvalue weighted by atomic mass is 19.4. The van der Waals surface area contributed by atoms with E-state index < -0.39 is 63.5 Å². The third-order valence-electron chi connectivity index (χ3n) is 3.70. The average Bonchev–Trinajstić information content (AvgIpc) is 2.48. The van der Waals surface area contributed by atoms with Gasteiger partial charge < -0.3 is 0 Å². The molecule has 0 spiro atoms. The molecule has 9 heteroatoms. The quantitative estimate of drug-likeness (QED) is 0.388. The molecule has 0 amide bonds. The fraction of sp³-hybridized carbons (Fsp3) is 0.294. The van der Waals surface area contributed by atoms with E-state index in [0.717, 1.165) is 0 Å². The third-order valence-corrected chi connectivity index (χ3v) is 3.70. The average molecular weight is 386 g/mol. The van der Waals surface area contributed by atoms with Gasteiger partial charge in [-0.05, 0) is 46.9 Å². The molecule has 2 rings (SSSR count). The molecular weight excluding hydrogens is 375 g/mol. The summed E-state index contributed by atoms with van der Waals surface area (Å²) < 4.78 is 119. The molecule has 0 fully saturated rings. The van der Waals surface area contributed by atoms with Crippen molar-refractivity contribution in [2.75, 3.05) is 0 Å². The maximum absolute atomic E-state index is 13.5. The second kappa shape index (κ2) is 6.51. The Labute approximate surface area is 142 Å². The minimum absolute atomic E-state index is 0.125. The van der Waals surface area contributed by atoms with E-state index in [1.54, 1.807) is 0 Å². The Morgan fingerprint density at radius 3 is 1.62 bits per heavy atom. The lowest BCUT2D eigenvalue weighted by molar-refractivity contribution is -0.142. The number of hydrogen-bond donors (Lipinski definition) is 0. The highest BCUT2D eigenvalue weighted by Gasteiger charge is 2.40. The van der Waals surface area contributed by atoms with Gasteiger partial charge in [-0.2, -0.15) is 26.3 Å². The summed E-state index contributed by atoms with van der Waals surface area (Å²) in [5.41, 5.74) is -5.19. The third kappa shape index (κ3) is 3.81. The van der Waals surface area contributed by atoms with Crippen LogP contribution in [0, 0.1) is 17.5 Å². The maximum atomic E-state index is 13.5. The summed E-state index contributed by atoms with van der Waals surface area (Å²) in [7, 11) is 0. The first-order valence-corrected chi connectivity index (χ1v) is 7.20. The molecule has 0 aliphatic carbocycles. The van der Waals surface area contributed by atoms with Crippen molar-refractivity contribution in [3.63, 3.8) is 0 Å². The van der Waals surface area contributed by atoms with Crippen molar-refractivity contribution in [3.8, 4) is 11.1 Å². The van der Waals surface area contributed by atoms with Crippen LogP contribution in [0.1, 0.15) is 36.5 Å². The standard InChI is InChI=1S/C17H11F9/c1-7(2)10-5-9(16(21,22)23)6-11(17(24,25)26)14(10)8-3-12(18)15(20)13(19)4-8/h3-7H,1-2H3. The van der Waals surface area contributed by atoms with Crippen LogP contribution < -0.4 is 0 Å². The van der Waals surface area contributed by atoms with Crippen molar-refractivity contribution < 1.29 is 39.5 Å². The van der Waals surface area contributed by atoms with Gasteiger partial charge in [0.2, 0.25) is 0 Å².